The minimum atomic E-state index is -0.0682. The molecule has 0 saturated heterocycles. The summed E-state index contributed by atoms with van der Waals surface area (Å²) in [5.74, 6) is -0.0682. The van der Waals surface area contributed by atoms with Gasteiger partial charge in [-0.25, -0.2) is 9.67 Å². The number of carbonyl (C=O) groups excluding carboxylic acids is 1. The van der Waals surface area contributed by atoms with Gasteiger partial charge in [-0.15, -0.1) is 11.3 Å². The number of nitrogens with one attached hydrogen (secondary N) is 1. The van der Waals surface area contributed by atoms with Gasteiger partial charge in [0.1, 0.15) is 12.7 Å². The topological polar surface area (TPSA) is 59.8 Å². The maximum absolute atomic E-state index is 12.3. The molecule has 0 spiro atoms. The van der Waals surface area contributed by atoms with Crippen LogP contribution in [0.5, 0.6) is 0 Å². The highest BCUT2D eigenvalue weighted by molar-refractivity contribution is 7.14. The lowest BCUT2D eigenvalue weighted by Gasteiger charge is -2.05. The number of thiophene rings is 1. The molecule has 1 aromatic carbocycles. The van der Waals surface area contributed by atoms with Crippen molar-refractivity contribution >= 4 is 22.9 Å². The van der Waals surface area contributed by atoms with Gasteiger partial charge in [0.2, 0.25) is 0 Å². The highest BCUT2D eigenvalue weighted by atomic mass is 32.1. The molecule has 2 aromatic heterocycles. The molecular formula is C16H16N4OS. The number of amides is 1. The van der Waals surface area contributed by atoms with E-state index in [1.807, 2.05) is 37.3 Å². The molecule has 2 heterocycles. The van der Waals surface area contributed by atoms with Crippen LogP contribution in [0.1, 0.15) is 27.0 Å². The normalized spacial score (nSPS) is 10.6. The summed E-state index contributed by atoms with van der Waals surface area (Å²) in [7, 11) is 0. The van der Waals surface area contributed by atoms with Crippen molar-refractivity contribution in [3.8, 4) is 5.69 Å². The Morgan fingerprint density at radius 1 is 1.32 bits per heavy atom. The van der Waals surface area contributed by atoms with E-state index >= 15 is 0 Å². The van der Waals surface area contributed by atoms with Crippen molar-refractivity contribution in [2.24, 2.45) is 0 Å². The monoisotopic (exact) mass is 312 g/mol. The van der Waals surface area contributed by atoms with E-state index in [-0.39, 0.29) is 5.91 Å². The lowest BCUT2D eigenvalue weighted by molar-refractivity contribution is 0.103. The molecule has 1 N–H and O–H groups in total. The number of nitrogens with zero attached hydrogens (tertiary/aromatic N) is 3. The van der Waals surface area contributed by atoms with E-state index in [4.69, 9.17) is 0 Å². The van der Waals surface area contributed by atoms with Crippen LogP contribution in [-0.2, 0) is 6.42 Å². The zero-order chi connectivity index (χ0) is 15.5. The van der Waals surface area contributed by atoms with Crippen LogP contribution in [0.4, 0.5) is 5.69 Å². The van der Waals surface area contributed by atoms with Crippen molar-refractivity contribution in [3.63, 3.8) is 0 Å². The summed E-state index contributed by atoms with van der Waals surface area (Å²) in [6, 6.07) is 9.44. The minimum Gasteiger partial charge on any atom is -0.321 e. The number of hydrogen-bond donors (Lipinski definition) is 1. The van der Waals surface area contributed by atoms with Crippen LogP contribution in [0.25, 0.3) is 5.69 Å². The van der Waals surface area contributed by atoms with Crippen LogP contribution in [0.2, 0.25) is 0 Å². The molecule has 0 aliphatic carbocycles. The molecule has 6 heteroatoms. The molecule has 3 rings (SSSR count). The predicted octanol–water partition coefficient (Wildman–Crippen LogP) is 3.45. The second kappa shape index (κ2) is 6.11. The first-order chi connectivity index (χ1) is 10.7. The summed E-state index contributed by atoms with van der Waals surface area (Å²) in [6.45, 7) is 4.14. The number of carbonyl (C=O) groups is 1. The van der Waals surface area contributed by atoms with Gasteiger partial charge >= 0.3 is 0 Å². The summed E-state index contributed by atoms with van der Waals surface area (Å²) in [6.07, 6.45) is 4.07. The highest BCUT2D eigenvalue weighted by Crippen LogP contribution is 2.23. The van der Waals surface area contributed by atoms with E-state index in [1.165, 1.54) is 16.8 Å². The van der Waals surface area contributed by atoms with Crippen LogP contribution in [-0.4, -0.2) is 20.7 Å². The molecule has 0 unspecified atom stereocenters. The molecular weight excluding hydrogens is 296 g/mol. The van der Waals surface area contributed by atoms with Crippen LogP contribution < -0.4 is 5.32 Å². The number of aryl methyl sites for hydroxylation is 2. The van der Waals surface area contributed by atoms with E-state index < -0.39 is 0 Å². The first kappa shape index (κ1) is 14.5. The summed E-state index contributed by atoms with van der Waals surface area (Å²) in [4.78, 5) is 18.2. The first-order valence-electron chi connectivity index (χ1n) is 7.03. The van der Waals surface area contributed by atoms with Crippen LogP contribution in [0.15, 0.2) is 43.0 Å². The molecule has 0 radical (unpaired) electrons. The van der Waals surface area contributed by atoms with E-state index in [9.17, 15) is 4.79 Å². The minimum absolute atomic E-state index is 0.0682. The standard InChI is InChI=1S/C16H16N4OS/c1-3-14-11(2)8-15(22-14)16(21)19-12-4-6-13(7-5-12)20-10-17-9-18-20/h4-10H,3H2,1-2H3,(H,19,21). The van der Waals surface area contributed by atoms with Crippen molar-refractivity contribution in [2.75, 3.05) is 5.32 Å². The fourth-order valence-electron chi connectivity index (χ4n) is 2.21. The Bertz CT molecular complexity index is 775. The fourth-order valence-corrected chi connectivity index (χ4v) is 3.22. The van der Waals surface area contributed by atoms with Gasteiger partial charge in [0, 0.05) is 10.6 Å². The second-order valence-electron chi connectivity index (χ2n) is 4.91. The maximum Gasteiger partial charge on any atom is 0.265 e. The zero-order valence-corrected chi connectivity index (χ0v) is 13.2. The quantitative estimate of drug-likeness (QED) is 0.802. The predicted molar refractivity (Wildman–Crippen MR) is 87.7 cm³/mol. The number of aromatic nitrogens is 3. The van der Waals surface area contributed by atoms with Gasteiger partial charge in [-0.1, -0.05) is 6.92 Å². The van der Waals surface area contributed by atoms with Gasteiger partial charge < -0.3 is 5.32 Å². The average molecular weight is 312 g/mol. The summed E-state index contributed by atoms with van der Waals surface area (Å²) in [5, 5.41) is 6.99. The molecule has 0 aliphatic heterocycles. The van der Waals surface area contributed by atoms with E-state index in [1.54, 1.807) is 22.3 Å². The van der Waals surface area contributed by atoms with E-state index in [0.717, 1.165) is 22.7 Å². The Kier molecular flexibility index (Phi) is 4.02. The van der Waals surface area contributed by atoms with E-state index in [2.05, 4.69) is 22.3 Å². The Balaban J connectivity index is 1.73. The smallest absolute Gasteiger partial charge is 0.265 e. The molecule has 0 atom stereocenters. The van der Waals surface area contributed by atoms with Crippen LogP contribution in [0.3, 0.4) is 0 Å². The van der Waals surface area contributed by atoms with E-state index in [0.29, 0.717) is 0 Å². The van der Waals surface area contributed by atoms with Gasteiger partial charge in [-0.05, 0) is 49.2 Å². The van der Waals surface area contributed by atoms with Gasteiger partial charge in [-0.2, -0.15) is 5.10 Å². The lowest BCUT2D eigenvalue weighted by Crippen LogP contribution is -2.10. The zero-order valence-electron chi connectivity index (χ0n) is 12.4. The fraction of sp³-hybridized carbons (Fsp3) is 0.188. The van der Waals surface area contributed by atoms with Crippen molar-refractivity contribution in [2.45, 2.75) is 20.3 Å². The third-order valence-corrected chi connectivity index (χ3v) is 4.75. The lowest BCUT2D eigenvalue weighted by atomic mass is 10.2. The molecule has 0 aliphatic rings. The molecule has 0 bridgehead atoms. The van der Waals surface area contributed by atoms with Crippen molar-refractivity contribution < 1.29 is 4.79 Å². The van der Waals surface area contributed by atoms with Gasteiger partial charge in [0.05, 0.1) is 10.6 Å². The first-order valence-corrected chi connectivity index (χ1v) is 7.84. The molecule has 5 nitrogen and oxygen atoms in total. The number of benzene rings is 1. The summed E-state index contributed by atoms with van der Waals surface area (Å²) in [5.41, 5.74) is 2.84. The third kappa shape index (κ3) is 2.92. The molecule has 0 saturated carbocycles. The van der Waals surface area contributed by atoms with Crippen molar-refractivity contribution in [3.05, 3.63) is 58.3 Å². The maximum atomic E-state index is 12.3. The Morgan fingerprint density at radius 3 is 2.68 bits per heavy atom. The largest absolute Gasteiger partial charge is 0.321 e. The SMILES string of the molecule is CCc1sc(C(=O)Nc2ccc(-n3cncn3)cc2)cc1C. The highest BCUT2D eigenvalue weighted by Gasteiger charge is 2.11. The molecule has 1 amide bonds. The van der Waals surface area contributed by atoms with Crippen molar-refractivity contribution in [1.82, 2.24) is 14.8 Å². The summed E-state index contributed by atoms with van der Waals surface area (Å²) >= 11 is 1.55. The molecule has 3 aromatic rings. The number of anilines is 1. The number of hydrogen-bond acceptors (Lipinski definition) is 4. The van der Waals surface area contributed by atoms with Gasteiger partial charge in [-0.3, -0.25) is 4.79 Å². The Hall–Kier alpha value is -2.47. The Morgan fingerprint density at radius 2 is 2.09 bits per heavy atom. The summed E-state index contributed by atoms with van der Waals surface area (Å²) < 4.78 is 1.67. The molecule has 22 heavy (non-hydrogen) atoms. The van der Waals surface area contributed by atoms with Crippen LogP contribution >= 0.6 is 11.3 Å². The molecule has 112 valence electrons. The second-order valence-corrected chi connectivity index (χ2v) is 6.05. The van der Waals surface area contributed by atoms with Crippen LogP contribution in [0, 0.1) is 6.92 Å². The Labute approximate surface area is 132 Å². The third-order valence-electron chi connectivity index (χ3n) is 3.37. The van der Waals surface area contributed by atoms with Gasteiger partial charge in [0.15, 0.2) is 0 Å². The number of rotatable bonds is 4. The van der Waals surface area contributed by atoms with Crippen molar-refractivity contribution in [1.29, 1.82) is 0 Å². The average Bonchev–Trinajstić information content (AvgIpc) is 3.17. The molecule has 0 fully saturated rings. The van der Waals surface area contributed by atoms with Gasteiger partial charge in [0.25, 0.3) is 5.91 Å².